The number of hydrogen-bond donors (Lipinski definition) is 0. The summed E-state index contributed by atoms with van der Waals surface area (Å²) < 4.78 is 26.2. The highest BCUT2D eigenvalue weighted by Crippen LogP contribution is 2.41. The molecule has 0 radical (unpaired) electrons. The van der Waals surface area contributed by atoms with Crippen LogP contribution in [0.1, 0.15) is 28.7 Å². The van der Waals surface area contributed by atoms with Gasteiger partial charge in [0.2, 0.25) is 0 Å². The third-order valence-corrected chi connectivity index (χ3v) is 7.34. The molecular weight excluding hydrogens is 528 g/mol. The molecule has 0 aromatic heterocycles. The average Bonchev–Trinajstić information content (AvgIpc) is 3.37. The SMILES string of the molecule is CO[C@H]1C[C@H](OCc2ccc(Br)cc2)[C@H](COC(c2ccccc2)(c2ccccc2)c2ccccc2)O1. The summed E-state index contributed by atoms with van der Waals surface area (Å²) in [6, 6.07) is 39.3. The lowest BCUT2D eigenvalue weighted by molar-refractivity contribution is -0.148. The van der Waals surface area contributed by atoms with Gasteiger partial charge in [0.05, 0.1) is 19.3 Å². The van der Waals surface area contributed by atoms with Gasteiger partial charge in [-0.2, -0.15) is 0 Å². The first-order valence-corrected chi connectivity index (χ1v) is 13.3. The Morgan fingerprint density at radius 1 is 0.757 bits per heavy atom. The van der Waals surface area contributed by atoms with Gasteiger partial charge in [0.25, 0.3) is 0 Å². The van der Waals surface area contributed by atoms with Gasteiger partial charge in [0.1, 0.15) is 11.7 Å². The van der Waals surface area contributed by atoms with Gasteiger partial charge in [0, 0.05) is 18.0 Å². The third kappa shape index (κ3) is 5.87. The van der Waals surface area contributed by atoms with E-state index in [0.29, 0.717) is 19.6 Å². The summed E-state index contributed by atoms with van der Waals surface area (Å²) >= 11 is 3.49. The smallest absolute Gasteiger partial charge is 0.160 e. The van der Waals surface area contributed by atoms with Gasteiger partial charge in [-0.3, -0.25) is 0 Å². The van der Waals surface area contributed by atoms with Crippen molar-refractivity contribution < 1.29 is 18.9 Å². The molecule has 1 aliphatic heterocycles. The zero-order valence-corrected chi connectivity index (χ0v) is 22.4. The number of hydrogen-bond acceptors (Lipinski definition) is 4. The first kappa shape index (κ1) is 25.8. The highest BCUT2D eigenvalue weighted by molar-refractivity contribution is 9.10. The summed E-state index contributed by atoms with van der Waals surface area (Å²) in [5, 5.41) is 0. The predicted molar refractivity (Wildman–Crippen MR) is 148 cm³/mol. The Balaban J connectivity index is 1.45. The minimum absolute atomic E-state index is 0.159. The van der Waals surface area contributed by atoms with Crippen LogP contribution in [0.3, 0.4) is 0 Å². The summed E-state index contributed by atoms with van der Waals surface area (Å²) in [4.78, 5) is 0. The molecule has 190 valence electrons. The molecule has 5 rings (SSSR count). The molecule has 37 heavy (non-hydrogen) atoms. The lowest BCUT2D eigenvalue weighted by atomic mass is 9.80. The van der Waals surface area contributed by atoms with Crippen molar-refractivity contribution in [1.82, 2.24) is 0 Å². The van der Waals surface area contributed by atoms with Crippen LogP contribution in [0.5, 0.6) is 0 Å². The molecule has 0 aliphatic carbocycles. The summed E-state index contributed by atoms with van der Waals surface area (Å²) in [6.45, 7) is 0.832. The number of halogens is 1. The molecule has 0 bridgehead atoms. The normalized spacial score (nSPS) is 19.7. The highest BCUT2D eigenvalue weighted by atomic mass is 79.9. The second kappa shape index (κ2) is 12.2. The second-order valence-electron chi connectivity index (χ2n) is 9.14. The fourth-order valence-corrected chi connectivity index (χ4v) is 5.18. The predicted octanol–water partition coefficient (Wildman–Crippen LogP) is 7.10. The van der Waals surface area contributed by atoms with Crippen molar-refractivity contribution in [1.29, 1.82) is 0 Å². The fourth-order valence-electron chi connectivity index (χ4n) is 4.91. The van der Waals surface area contributed by atoms with E-state index in [2.05, 4.69) is 101 Å². The third-order valence-electron chi connectivity index (χ3n) is 6.81. The Morgan fingerprint density at radius 2 is 1.27 bits per heavy atom. The Kier molecular flexibility index (Phi) is 8.49. The van der Waals surface area contributed by atoms with Crippen LogP contribution >= 0.6 is 15.9 Å². The molecule has 4 nitrogen and oxygen atoms in total. The van der Waals surface area contributed by atoms with Crippen LogP contribution in [-0.2, 0) is 31.2 Å². The zero-order valence-electron chi connectivity index (χ0n) is 20.8. The molecule has 0 saturated carbocycles. The maximum Gasteiger partial charge on any atom is 0.160 e. The minimum Gasteiger partial charge on any atom is -0.371 e. The van der Waals surface area contributed by atoms with Gasteiger partial charge in [-0.15, -0.1) is 0 Å². The van der Waals surface area contributed by atoms with E-state index in [1.165, 1.54) is 0 Å². The maximum atomic E-state index is 7.00. The first-order valence-electron chi connectivity index (χ1n) is 12.5. The van der Waals surface area contributed by atoms with Crippen molar-refractivity contribution in [3.63, 3.8) is 0 Å². The van der Waals surface area contributed by atoms with E-state index in [0.717, 1.165) is 26.7 Å². The van der Waals surface area contributed by atoms with Crippen molar-refractivity contribution in [2.24, 2.45) is 0 Å². The van der Waals surface area contributed by atoms with Crippen LogP contribution in [0.25, 0.3) is 0 Å². The summed E-state index contributed by atoms with van der Waals surface area (Å²) in [6.07, 6.45) is -0.122. The van der Waals surface area contributed by atoms with Gasteiger partial charge >= 0.3 is 0 Å². The summed E-state index contributed by atoms with van der Waals surface area (Å²) in [7, 11) is 1.67. The van der Waals surface area contributed by atoms with E-state index >= 15 is 0 Å². The maximum absolute atomic E-state index is 7.00. The van der Waals surface area contributed by atoms with Crippen molar-refractivity contribution in [2.45, 2.75) is 37.1 Å². The van der Waals surface area contributed by atoms with E-state index in [4.69, 9.17) is 18.9 Å². The van der Waals surface area contributed by atoms with E-state index in [9.17, 15) is 0 Å². The topological polar surface area (TPSA) is 36.9 Å². The van der Waals surface area contributed by atoms with Crippen LogP contribution in [0.15, 0.2) is 120 Å². The van der Waals surface area contributed by atoms with Crippen LogP contribution in [0.4, 0.5) is 0 Å². The van der Waals surface area contributed by atoms with Gasteiger partial charge in [-0.1, -0.05) is 119 Å². The number of ether oxygens (including phenoxy) is 4. The molecule has 1 aliphatic rings. The zero-order chi connectivity index (χ0) is 25.5. The molecule has 1 saturated heterocycles. The molecule has 5 heteroatoms. The Morgan fingerprint density at radius 3 is 1.76 bits per heavy atom. The van der Waals surface area contributed by atoms with Crippen LogP contribution in [0, 0.1) is 0 Å². The molecule has 1 heterocycles. The molecule has 0 N–H and O–H groups in total. The lowest BCUT2D eigenvalue weighted by Crippen LogP contribution is -2.38. The van der Waals surface area contributed by atoms with E-state index < -0.39 is 5.60 Å². The average molecular weight is 560 g/mol. The van der Waals surface area contributed by atoms with Crippen LogP contribution in [-0.4, -0.2) is 32.2 Å². The Labute approximate surface area is 227 Å². The van der Waals surface area contributed by atoms with E-state index in [1.807, 2.05) is 30.3 Å². The van der Waals surface area contributed by atoms with E-state index in [-0.39, 0.29) is 18.5 Å². The van der Waals surface area contributed by atoms with E-state index in [1.54, 1.807) is 7.11 Å². The van der Waals surface area contributed by atoms with Crippen molar-refractivity contribution in [3.05, 3.63) is 142 Å². The Hall–Kier alpha value is -2.80. The van der Waals surface area contributed by atoms with Crippen molar-refractivity contribution in [2.75, 3.05) is 13.7 Å². The molecular formula is C32H31BrO4. The summed E-state index contributed by atoms with van der Waals surface area (Å²) in [5.41, 5.74) is 3.47. The van der Waals surface area contributed by atoms with Gasteiger partial charge < -0.3 is 18.9 Å². The van der Waals surface area contributed by atoms with Crippen LogP contribution < -0.4 is 0 Å². The fraction of sp³-hybridized carbons (Fsp3) is 0.250. The molecule has 0 amide bonds. The van der Waals surface area contributed by atoms with Crippen molar-refractivity contribution in [3.8, 4) is 0 Å². The standard InChI is InChI=1S/C32H31BrO4/c1-34-31-21-29(35-22-24-17-19-28(33)20-18-24)30(37-31)23-36-32(25-11-5-2-6-12-25,26-13-7-3-8-14-26)27-15-9-4-10-16-27/h2-20,29-31H,21-23H2,1H3/t29-,30-,31+/m0/s1. The molecule has 0 spiro atoms. The second-order valence-corrected chi connectivity index (χ2v) is 10.1. The number of rotatable bonds is 10. The van der Waals surface area contributed by atoms with Gasteiger partial charge in [-0.25, -0.2) is 0 Å². The highest BCUT2D eigenvalue weighted by Gasteiger charge is 2.42. The van der Waals surface area contributed by atoms with Crippen molar-refractivity contribution >= 4 is 15.9 Å². The Bertz CT molecular complexity index is 1140. The lowest BCUT2D eigenvalue weighted by Gasteiger charge is -2.37. The monoisotopic (exact) mass is 558 g/mol. The first-order chi connectivity index (χ1) is 18.2. The van der Waals surface area contributed by atoms with Gasteiger partial charge in [0.15, 0.2) is 6.29 Å². The molecule has 4 aromatic carbocycles. The number of benzene rings is 4. The quantitative estimate of drug-likeness (QED) is 0.194. The molecule has 3 atom stereocenters. The molecule has 1 fully saturated rings. The largest absolute Gasteiger partial charge is 0.371 e. The summed E-state index contributed by atoms with van der Waals surface area (Å²) in [5.74, 6) is 0. The number of methoxy groups -OCH3 is 1. The minimum atomic E-state index is -0.811. The molecule has 0 unspecified atom stereocenters. The molecule has 4 aromatic rings. The van der Waals surface area contributed by atoms with Crippen LogP contribution in [0.2, 0.25) is 0 Å². The van der Waals surface area contributed by atoms with Gasteiger partial charge in [-0.05, 0) is 34.4 Å².